The van der Waals surface area contributed by atoms with Gasteiger partial charge in [-0.25, -0.2) is 29.7 Å². The maximum atomic E-state index is 12.1. The van der Waals surface area contributed by atoms with E-state index < -0.39 is 34.5 Å². The molecule has 29 heteroatoms. The lowest BCUT2D eigenvalue weighted by Gasteiger charge is -2.19. The molecule has 1 aromatic carbocycles. The van der Waals surface area contributed by atoms with Crippen molar-refractivity contribution >= 4 is 110 Å². The summed E-state index contributed by atoms with van der Waals surface area (Å²) < 4.78 is 7.81. The number of aromatic nitrogens is 10. The van der Waals surface area contributed by atoms with Crippen molar-refractivity contribution in [2.75, 3.05) is 34.0 Å². The number of carbonyl (C=O) groups is 6. The summed E-state index contributed by atoms with van der Waals surface area (Å²) in [7, 11) is 25.1. The number of allylic oxidation sites excluding steroid dienone is 1. The molecule has 376 valence electrons. The van der Waals surface area contributed by atoms with Crippen LogP contribution in [-0.4, -0.2) is 123 Å². The van der Waals surface area contributed by atoms with E-state index in [1.165, 1.54) is 57.4 Å². The maximum absolute atomic E-state index is 12.1. The number of halogens is 2. The number of benzene rings is 1. The highest BCUT2D eigenvalue weighted by Gasteiger charge is 2.17. The molecule has 0 spiro atoms. The summed E-state index contributed by atoms with van der Waals surface area (Å²) in [5, 5.41) is 25.4. The van der Waals surface area contributed by atoms with Crippen LogP contribution in [0.2, 0.25) is 0 Å². The van der Waals surface area contributed by atoms with Crippen molar-refractivity contribution in [3.63, 3.8) is 0 Å². The first-order valence-corrected chi connectivity index (χ1v) is 21.4. The van der Waals surface area contributed by atoms with Gasteiger partial charge in [-0.1, -0.05) is 41.4 Å². The number of aromatic carboxylic acids is 1. The predicted octanol–water partition coefficient (Wildman–Crippen LogP) is 5.49. The van der Waals surface area contributed by atoms with Crippen LogP contribution in [0.15, 0.2) is 66.0 Å². The van der Waals surface area contributed by atoms with Gasteiger partial charge in [-0.3, -0.25) is 24.0 Å². The van der Waals surface area contributed by atoms with Crippen LogP contribution >= 0.6 is 23.2 Å². The first-order valence-electron chi connectivity index (χ1n) is 20.7. The van der Waals surface area contributed by atoms with Gasteiger partial charge in [0.25, 0.3) is 11.1 Å². The maximum Gasteiger partial charge on any atom is 0.372 e. The first kappa shape index (κ1) is 61.9. The molecular formula is C43H54B3Cl2N17O7. The SMILES string of the molecule is CC#N.CC(C)=C(Cl)N(C)Cc1ccc(C)cc1.Cc1nc(N)cn1C.[B]C(=O)Nc1cn(C)c(C(=O)Cl)n1.[B]C(=O)Nc1cn(C)c(C(=O)Nc2cn(C)c(C)n2)n1.[B]C(=O)Nc1cn(C)c(C(=O)O)n1. The molecule has 5 aromatic heterocycles. The Labute approximate surface area is 430 Å². The number of anilines is 5. The Balaban J connectivity index is 0.000000454. The fourth-order valence-corrected chi connectivity index (χ4v) is 5.58. The van der Waals surface area contributed by atoms with E-state index in [-0.39, 0.29) is 34.9 Å². The number of hydrogen-bond acceptors (Lipinski definition) is 14. The third kappa shape index (κ3) is 22.1. The molecule has 72 heavy (non-hydrogen) atoms. The summed E-state index contributed by atoms with van der Waals surface area (Å²) in [5.74, 6) is -0.577. The van der Waals surface area contributed by atoms with Crippen LogP contribution in [0, 0.1) is 32.1 Å². The second-order valence-corrected chi connectivity index (χ2v) is 15.8. The van der Waals surface area contributed by atoms with Gasteiger partial charge in [0.2, 0.25) is 35.2 Å². The molecule has 6 radical (unpaired) electrons. The molecule has 0 unspecified atom stereocenters. The molecule has 4 amide bonds. The average Bonchev–Trinajstić information content (AvgIpc) is 4.07. The topological polar surface area (TPSA) is 313 Å². The summed E-state index contributed by atoms with van der Waals surface area (Å²) in [4.78, 5) is 86.3. The molecule has 7 N–H and O–H groups in total. The van der Waals surface area contributed by atoms with Gasteiger partial charge in [-0.2, -0.15) is 5.26 Å². The Kier molecular flexibility index (Phi) is 25.6. The van der Waals surface area contributed by atoms with Crippen molar-refractivity contribution in [3.05, 3.63) is 106 Å². The summed E-state index contributed by atoms with van der Waals surface area (Å²) >= 11 is 11.3. The number of carboxylic acids is 1. The number of imidazole rings is 5. The van der Waals surface area contributed by atoms with E-state index in [0.717, 1.165) is 28.9 Å². The third-order valence-electron chi connectivity index (χ3n) is 8.72. The monoisotopic (exact) mass is 1020 g/mol. The van der Waals surface area contributed by atoms with Gasteiger partial charge in [0.15, 0.2) is 46.5 Å². The lowest BCUT2D eigenvalue weighted by molar-refractivity contribution is 0.0679. The molecule has 0 fully saturated rings. The van der Waals surface area contributed by atoms with Gasteiger partial charge in [0, 0.05) is 86.7 Å². The number of carboxylic acid groups (broad SMARTS) is 1. The number of nitrogen functional groups attached to an aromatic ring is 1. The molecule has 0 aliphatic carbocycles. The van der Waals surface area contributed by atoms with Crippen molar-refractivity contribution in [1.82, 2.24) is 52.7 Å². The highest BCUT2D eigenvalue weighted by Crippen LogP contribution is 2.17. The smallest absolute Gasteiger partial charge is 0.372 e. The van der Waals surface area contributed by atoms with Crippen LogP contribution in [0.25, 0.3) is 0 Å². The van der Waals surface area contributed by atoms with E-state index in [1.807, 2.05) is 53.4 Å². The number of nitrogens with two attached hydrogens (primary N) is 1. The number of carbonyl (C=O) groups excluding carboxylic acids is 5. The normalized spacial score (nSPS) is 9.62. The average molecular weight is 1020 g/mol. The minimum atomic E-state index is -1.17. The fraction of sp³-hybridized carbons (Fsp3) is 0.302. The summed E-state index contributed by atoms with van der Waals surface area (Å²) in [6, 6.07) is 10.3. The van der Waals surface area contributed by atoms with Gasteiger partial charge in [0.05, 0.1) is 6.07 Å². The van der Waals surface area contributed by atoms with E-state index in [4.69, 9.17) is 62.8 Å². The third-order valence-corrected chi connectivity index (χ3v) is 9.55. The quantitative estimate of drug-likeness (QED) is 0.0561. The predicted molar refractivity (Wildman–Crippen MR) is 278 cm³/mol. The Morgan fingerprint density at radius 3 is 1.35 bits per heavy atom. The van der Waals surface area contributed by atoms with Gasteiger partial charge < -0.3 is 59.8 Å². The van der Waals surface area contributed by atoms with E-state index in [0.29, 0.717) is 11.6 Å². The Morgan fingerprint density at radius 2 is 1.03 bits per heavy atom. The van der Waals surface area contributed by atoms with Crippen LogP contribution in [0.5, 0.6) is 0 Å². The zero-order valence-electron chi connectivity index (χ0n) is 41.7. The van der Waals surface area contributed by atoms with Crippen LogP contribution in [-0.2, 0) is 41.8 Å². The minimum Gasteiger partial charge on any atom is -0.475 e. The van der Waals surface area contributed by atoms with E-state index in [1.54, 1.807) is 37.1 Å². The Bertz CT molecular complexity index is 2790. The molecule has 6 rings (SSSR count). The Hall–Kier alpha value is -8.11. The van der Waals surface area contributed by atoms with Crippen molar-refractivity contribution < 1.29 is 33.9 Å². The molecule has 5 heterocycles. The number of nitrogens with one attached hydrogen (secondary N) is 4. The minimum absolute atomic E-state index is 0.0467. The van der Waals surface area contributed by atoms with Gasteiger partial charge in [-0.15, -0.1) is 0 Å². The molecule has 0 aliphatic rings. The molecule has 0 atom stereocenters. The number of hydrogen-bond donors (Lipinski definition) is 6. The first-order chi connectivity index (χ1) is 33.5. The van der Waals surface area contributed by atoms with Crippen LogP contribution in [0.3, 0.4) is 0 Å². The van der Waals surface area contributed by atoms with Gasteiger partial charge >= 0.3 is 5.97 Å². The second kappa shape index (κ2) is 29.8. The number of aryl methyl sites for hydroxylation is 8. The second-order valence-electron chi connectivity index (χ2n) is 15.1. The van der Waals surface area contributed by atoms with Crippen LogP contribution in [0.1, 0.15) is 75.4 Å². The Morgan fingerprint density at radius 1 is 0.653 bits per heavy atom. The number of nitrogens with zero attached hydrogens (tertiary/aromatic N) is 12. The molecule has 0 saturated heterocycles. The molecule has 24 nitrogen and oxygen atoms in total. The largest absolute Gasteiger partial charge is 0.475 e. The molecule has 0 saturated carbocycles. The highest BCUT2D eigenvalue weighted by molar-refractivity contribution is 6.67. The molecule has 6 aromatic rings. The number of rotatable bonds is 10. The van der Waals surface area contributed by atoms with Crippen LogP contribution < -0.4 is 27.0 Å². The van der Waals surface area contributed by atoms with Crippen LogP contribution in [0.4, 0.5) is 43.5 Å². The molecule has 0 aliphatic heterocycles. The lowest BCUT2D eigenvalue weighted by Crippen LogP contribution is -2.17. The summed E-state index contributed by atoms with van der Waals surface area (Å²) in [5.41, 5.74) is 9.06. The number of nitriles is 1. The molecular weight excluding hydrogens is 970 g/mol. The highest BCUT2D eigenvalue weighted by atomic mass is 35.5. The molecule has 0 bridgehead atoms. The van der Waals surface area contributed by atoms with Crippen molar-refractivity contribution in [3.8, 4) is 6.07 Å². The summed E-state index contributed by atoms with van der Waals surface area (Å²) in [6.45, 7) is 12.2. The summed E-state index contributed by atoms with van der Waals surface area (Å²) in [6.07, 6.45) is 7.76. The zero-order valence-corrected chi connectivity index (χ0v) is 43.2. The number of amides is 4. The van der Waals surface area contributed by atoms with Crippen molar-refractivity contribution in [2.45, 2.75) is 48.1 Å². The van der Waals surface area contributed by atoms with Crippen molar-refractivity contribution in [2.24, 2.45) is 35.2 Å². The van der Waals surface area contributed by atoms with E-state index in [9.17, 15) is 28.8 Å². The standard InChI is InChI=1S/C13H18ClN.C11H13BN6O2.C6H5BClN3O2.C6H6BN3O3.C5H9N3.C2H3N/c1-10(2)13(14)15(4)9-12-7-5-11(3)6-8-12;1-6-13-7(4-17(6)2)15-10(19)9-14-8(5-18(9)3)16-11(12)20;1-11-2-3(10-6(7)13)9-5(11)4(8)12;1-10-2-3(9-6(7)13)8-4(10)5(11)12;1-4-7-5(6)3-8(4)2;1-2-3/h5-8H,9H2,1-4H3;4-5H,1-3H3,(H,15,19)(H,16,20);2H,1H3,(H,10,13);2H,1H3,(H,9,13)(H,11,12);3H,6H2,1-2H3;1H3. The fourth-order valence-electron chi connectivity index (χ4n) is 5.35. The lowest BCUT2D eigenvalue weighted by atomic mass is 10.1. The van der Waals surface area contributed by atoms with Gasteiger partial charge in [-0.05, 0) is 57.4 Å². The van der Waals surface area contributed by atoms with Crippen molar-refractivity contribution in [1.29, 1.82) is 5.26 Å². The van der Waals surface area contributed by atoms with Gasteiger partial charge in [0.1, 0.15) is 22.6 Å². The van der Waals surface area contributed by atoms with E-state index >= 15 is 0 Å². The van der Waals surface area contributed by atoms with E-state index in [2.05, 4.69) is 82.3 Å². The zero-order chi connectivity index (χ0) is 55.2.